The van der Waals surface area contributed by atoms with Gasteiger partial charge in [0, 0.05) is 22.1 Å². The Bertz CT molecular complexity index is 446. The molecule has 6 heteroatoms. The second kappa shape index (κ2) is 7.25. The number of anilines is 1. The second-order valence-corrected chi connectivity index (χ2v) is 5.34. The molecule has 0 aliphatic rings. The normalized spacial score (nSPS) is 13.5. The van der Waals surface area contributed by atoms with E-state index in [0.717, 1.165) is 4.47 Å². The number of nitrogens with two attached hydrogens (primary N) is 1. The quantitative estimate of drug-likeness (QED) is 0.766. The maximum atomic E-state index is 11.6. The molecule has 19 heavy (non-hydrogen) atoms. The van der Waals surface area contributed by atoms with E-state index in [9.17, 15) is 9.59 Å². The van der Waals surface area contributed by atoms with Crippen LogP contribution >= 0.6 is 15.9 Å². The van der Waals surface area contributed by atoms with E-state index in [1.807, 2.05) is 12.1 Å². The van der Waals surface area contributed by atoms with Gasteiger partial charge in [0.2, 0.25) is 11.8 Å². The number of nitrogens with one attached hydrogen (secondary N) is 2. The first-order valence-electron chi connectivity index (χ1n) is 5.99. The molecule has 1 aromatic rings. The van der Waals surface area contributed by atoms with E-state index < -0.39 is 0 Å². The smallest absolute Gasteiger partial charge is 0.243 e. The van der Waals surface area contributed by atoms with Crippen molar-refractivity contribution in [3.05, 3.63) is 28.7 Å². The number of carbonyl (C=O) groups excluding carboxylic acids is 2. The number of hydrogen-bond donors (Lipinski definition) is 3. The molecule has 0 aliphatic carbocycles. The van der Waals surface area contributed by atoms with Crippen molar-refractivity contribution in [2.75, 3.05) is 11.9 Å². The van der Waals surface area contributed by atoms with Crippen molar-refractivity contribution in [3.8, 4) is 0 Å². The maximum absolute atomic E-state index is 11.6. The van der Waals surface area contributed by atoms with Crippen LogP contribution in [0.2, 0.25) is 0 Å². The summed E-state index contributed by atoms with van der Waals surface area (Å²) < 4.78 is 0.935. The Labute approximate surface area is 121 Å². The molecule has 1 aromatic carbocycles. The van der Waals surface area contributed by atoms with E-state index in [1.54, 1.807) is 26.0 Å². The molecule has 0 radical (unpaired) electrons. The van der Waals surface area contributed by atoms with Crippen molar-refractivity contribution in [3.63, 3.8) is 0 Å². The summed E-state index contributed by atoms with van der Waals surface area (Å²) in [5.41, 5.74) is 6.30. The molecule has 0 fully saturated rings. The predicted octanol–water partition coefficient (Wildman–Crippen LogP) is 1.49. The maximum Gasteiger partial charge on any atom is 0.243 e. The molecule has 2 atom stereocenters. The zero-order valence-electron chi connectivity index (χ0n) is 10.9. The van der Waals surface area contributed by atoms with E-state index in [4.69, 9.17) is 5.73 Å². The molecule has 0 aliphatic heterocycles. The minimum Gasteiger partial charge on any atom is -0.347 e. The van der Waals surface area contributed by atoms with Crippen LogP contribution in [-0.2, 0) is 9.59 Å². The van der Waals surface area contributed by atoms with E-state index in [-0.39, 0.29) is 30.3 Å². The summed E-state index contributed by atoms with van der Waals surface area (Å²) in [7, 11) is 0. The van der Waals surface area contributed by atoms with Gasteiger partial charge in [-0.05, 0) is 31.2 Å². The molecule has 4 N–H and O–H groups in total. The monoisotopic (exact) mass is 327 g/mol. The lowest BCUT2D eigenvalue weighted by Gasteiger charge is -2.15. The standard InChI is InChI=1S/C13H18BrN3O2/c1-8(9(2)15)13(19)16-7-12(18)17-11-5-3-10(14)4-6-11/h3-6,8-9H,7,15H2,1-2H3,(H,16,19)(H,17,18). The molecule has 0 bridgehead atoms. The molecule has 1 rings (SSSR count). The highest BCUT2D eigenvalue weighted by atomic mass is 79.9. The minimum absolute atomic E-state index is 0.0635. The van der Waals surface area contributed by atoms with Crippen molar-refractivity contribution in [2.24, 2.45) is 11.7 Å². The Hall–Kier alpha value is -1.40. The summed E-state index contributed by atoms with van der Waals surface area (Å²) in [5.74, 6) is -0.811. The van der Waals surface area contributed by atoms with Gasteiger partial charge in [-0.1, -0.05) is 22.9 Å². The van der Waals surface area contributed by atoms with Crippen molar-refractivity contribution in [2.45, 2.75) is 19.9 Å². The van der Waals surface area contributed by atoms with E-state index in [0.29, 0.717) is 5.69 Å². The van der Waals surface area contributed by atoms with Crippen molar-refractivity contribution >= 4 is 33.4 Å². The van der Waals surface area contributed by atoms with E-state index in [2.05, 4.69) is 26.6 Å². The molecule has 0 saturated heterocycles. The molecule has 0 heterocycles. The predicted molar refractivity (Wildman–Crippen MR) is 78.6 cm³/mol. The lowest BCUT2D eigenvalue weighted by molar-refractivity contribution is -0.127. The lowest BCUT2D eigenvalue weighted by atomic mass is 10.0. The van der Waals surface area contributed by atoms with Crippen LogP contribution in [0.3, 0.4) is 0 Å². The highest BCUT2D eigenvalue weighted by Crippen LogP contribution is 2.13. The molecule has 5 nitrogen and oxygen atoms in total. The Morgan fingerprint density at radius 2 is 1.84 bits per heavy atom. The fourth-order valence-electron chi connectivity index (χ4n) is 1.31. The first kappa shape index (κ1) is 15.7. The van der Waals surface area contributed by atoms with Gasteiger partial charge in [-0.2, -0.15) is 0 Å². The Morgan fingerprint density at radius 1 is 1.26 bits per heavy atom. The van der Waals surface area contributed by atoms with Gasteiger partial charge in [0.25, 0.3) is 0 Å². The van der Waals surface area contributed by atoms with E-state index in [1.165, 1.54) is 0 Å². The molecule has 0 aromatic heterocycles. The Balaban J connectivity index is 2.40. The first-order chi connectivity index (χ1) is 8.90. The molecule has 0 saturated carbocycles. The van der Waals surface area contributed by atoms with Crippen LogP contribution in [0.5, 0.6) is 0 Å². The van der Waals surface area contributed by atoms with Crippen LogP contribution in [0, 0.1) is 5.92 Å². The number of rotatable bonds is 5. The topological polar surface area (TPSA) is 84.2 Å². The third kappa shape index (κ3) is 5.40. The van der Waals surface area contributed by atoms with Crippen LogP contribution in [0.25, 0.3) is 0 Å². The van der Waals surface area contributed by atoms with Gasteiger partial charge in [-0.15, -0.1) is 0 Å². The molecular formula is C13H18BrN3O2. The summed E-state index contributed by atoms with van der Waals surface area (Å²) in [6, 6.07) is 6.95. The van der Waals surface area contributed by atoms with Crippen molar-refractivity contribution in [1.29, 1.82) is 0 Å². The lowest BCUT2D eigenvalue weighted by Crippen LogP contribution is -2.41. The summed E-state index contributed by atoms with van der Waals surface area (Å²) >= 11 is 3.31. The van der Waals surface area contributed by atoms with Gasteiger partial charge in [-0.3, -0.25) is 9.59 Å². The highest BCUT2D eigenvalue weighted by Gasteiger charge is 2.17. The molecule has 2 amide bonds. The average molecular weight is 328 g/mol. The van der Waals surface area contributed by atoms with Crippen molar-refractivity contribution in [1.82, 2.24) is 5.32 Å². The number of benzene rings is 1. The van der Waals surface area contributed by atoms with Crippen LogP contribution in [0.1, 0.15) is 13.8 Å². The molecular weight excluding hydrogens is 310 g/mol. The molecule has 104 valence electrons. The first-order valence-corrected chi connectivity index (χ1v) is 6.78. The second-order valence-electron chi connectivity index (χ2n) is 4.42. The molecule has 2 unspecified atom stereocenters. The Kier molecular flexibility index (Phi) is 5.98. The number of hydrogen-bond acceptors (Lipinski definition) is 3. The number of carbonyl (C=O) groups is 2. The third-order valence-corrected chi connectivity index (χ3v) is 3.28. The summed E-state index contributed by atoms with van der Waals surface area (Å²) in [6.45, 7) is 3.42. The minimum atomic E-state index is -0.319. The van der Waals surface area contributed by atoms with Crippen molar-refractivity contribution < 1.29 is 9.59 Å². The van der Waals surface area contributed by atoms with Gasteiger partial charge < -0.3 is 16.4 Å². The number of halogens is 1. The fraction of sp³-hybridized carbons (Fsp3) is 0.385. The van der Waals surface area contributed by atoms with Gasteiger partial charge in [0.05, 0.1) is 6.54 Å². The average Bonchev–Trinajstić information content (AvgIpc) is 2.37. The van der Waals surface area contributed by atoms with Crippen LogP contribution in [-0.4, -0.2) is 24.4 Å². The third-order valence-electron chi connectivity index (χ3n) is 2.75. The summed E-state index contributed by atoms with van der Waals surface area (Å²) in [4.78, 5) is 23.2. The van der Waals surface area contributed by atoms with Gasteiger partial charge in [0.15, 0.2) is 0 Å². The van der Waals surface area contributed by atoms with Crippen LogP contribution in [0.4, 0.5) is 5.69 Å². The van der Waals surface area contributed by atoms with Gasteiger partial charge >= 0.3 is 0 Å². The van der Waals surface area contributed by atoms with Crippen LogP contribution < -0.4 is 16.4 Å². The van der Waals surface area contributed by atoms with Gasteiger partial charge in [0.1, 0.15) is 0 Å². The van der Waals surface area contributed by atoms with Gasteiger partial charge in [-0.25, -0.2) is 0 Å². The number of amides is 2. The SMILES string of the molecule is CC(N)C(C)C(=O)NCC(=O)Nc1ccc(Br)cc1. The zero-order valence-corrected chi connectivity index (χ0v) is 12.5. The van der Waals surface area contributed by atoms with E-state index >= 15 is 0 Å². The Morgan fingerprint density at radius 3 is 2.37 bits per heavy atom. The summed E-state index contributed by atoms with van der Waals surface area (Å²) in [6.07, 6.45) is 0. The fourth-order valence-corrected chi connectivity index (χ4v) is 1.57. The largest absolute Gasteiger partial charge is 0.347 e. The zero-order chi connectivity index (χ0) is 14.4. The van der Waals surface area contributed by atoms with Crippen LogP contribution in [0.15, 0.2) is 28.7 Å². The molecule has 0 spiro atoms. The highest BCUT2D eigenvalue weighted by molar-refractivity contribution is 9.10. The summed E-state index contributed by atoms with van der Waals surface area (Å²) in [5, 5.41) is 5.24.